The topological polar surface area (TPSA) is 50.4 Å². The summed E-state index contributed by atoms with van der Waals surface area (Å²) < 4.78 is 4.93. The number of unbranched alkanes of at least 4 members (excludes halogenated alkanes) is 1. The number of piperidine rings is 1. The highest BCUT2D eigenvalue weighted by molar-refractivity contribution is 5.76. The van der Waals surface area contributed by atoms with Crippen LogP contribution in [0.2, 0.25) is 0 Å². The number of carbonyl (C=O) groups excluding carboxylic acids is 1. The molecule has 0 aromatic heterocycles. The molecule has 4 nitrogen and oxygen atoms in total. The zero-order valence-corrected chi connectivity index (χ0v) is 9.55. The van der Waals surface area contributed by atoms with Crippen molar-refractivity contribution in [2.24, 2.45) is 0 Å². The third-order valence-electron chi connectivity index (χ3n) is 2.66. The molecule has 2 N–H and O–H groups in total. The zero-order valence-electron chi connectivity index (χ0n) is 9.55. The van der Waals surface area contributed by atoms with Crippen molar-refractivity contribution in [3.05, 3.63) is 0 Å². The Balaban J connectivity index is 2.01. The number of amides is 1. The highest BCUT2D eigenvalue weighted by atomic mass is 16.5. The van der Waals surface area contributed by atoms with Crippen molar-refractivity contribution >= 4 is 5.91 Å². The average molecular weight is 214 g/mol. The van der Waals surface area contributed by atoms with E-state index in [1.54, 1.807) is 7.11 Å². The molecular weight excluding hydrogens is 192 g/mol. The fourth-order valence-corrected chi connectivity index (χ4v) is 1.81. The van der Waals surface area contributed by atoms with Crippen molar-refractivity contribution in [3.63, 3.8) is 0 Å². The quantitative estimate of drug-likeness (QED) is 0.639. The molecule has 1 rings (SSSR count). The van der Waals surface area contributed by atoms with Gasteiger partial charge in [-0.15, -0.1) is 0 Å². The van der Waals surface area contributed by atoms with Crippen LogP contribution in [0.1, 0.15) is 32.1 Å². The summed E-state index contributed by atoms with van der Waals surface area (Å²) in [5.41, 5.74) is 0. The van der Waals surface area contributed by atoms with E-state index in [0.29, 0.717) is 12.5 Å². The highest BCUT2D eigenvalue weighted by Crippen LogP contribution is 2.02. The molecule has 0 aliphatic carbocycles. The Bertz CT molecular complexity index is 179. The van der Waals surface area contributed by atoms with E-state index >= 15 is 0 Å². The lowest BCUT2D eigenvalue weighted by molar-refractivity contribution is -0.122. The van der Waals surface area contributed by atoms with E-state index in [4.69, 9.17) is 4.74 Å². The van der Waals surface area contributed by atoms with Crippen molar-refractivity contribution in [1.82, 2.24) is 10.6 Å². The molecule has 0 bridgehead atoms. The molecule has 0 spiro atoms. The molecule has 4 heteroatoms. The van der Waals surface area contributed by atoms with Crippen LogP contribution in [0.3, 0.4) is 0 Å². The SMILES string of the molecule is COCCCCC(=O)NC1CCCNC1. The van der Waals surface area contributed by atoms with Gasteiger partial charge in [-0.05, 0) is 32.2 Å². The molecule has 0 saturated carbocycles. The van der Waals surface area contributed by atoms with Gasteiger partial charge < -0.3 is 15.4 Å². The van der Waals surface area contributed by atoms with Gasteiger partial charge in [0.1, 0.15) is 0 Å². The second kappa shape index (κ2) is 7.65. The molecular formula is C11H22N2O2. The van der Waals surface area contributed by atoms with Crippen molar-refractivity contribution in [2.75, 3.05) is 26.8 Å². The number of hydrogen-bond donors (Lipinski definition) is 2. The van der Waals surface area contributed by atoms with Gasteiger partial charge in [-0.2, -0.15) is 0 Å². The Hall–Kier alpha value is -0.610. The summed E-state index contributed by atoms with van der Waals surface area (Å²) >= 11 is 0. The lowest BCUT2D eigenvalue weighted by Crippen LogP contribution is -2.45. The van der Waals surface area contributed by atoms with Gasteiger partial charge in [0, 0.05) is 32.7 Å². The van der Waals surface area contributed by atoms with E-state index in [1.165, 1.54) is 0 Å². The Morgan fingerprint density at radius 1 is 1.53 bits per heavy atom. The molecule has 0 aromatic rings. The van der Waals surface area contributed by atoms with Crippen molar-refractivity contribution in [1.29, 1.82) is 0 Å². The first-order valence-corrected chi connectivity index (χ1v) is 5.82. The summed E-state index contributed by atoms with van der Waals surface area (Å²) in [5.74, 6) is 0.180. The molecule has 0 radical (unpaired) electrons. The first-order valence-electron chi connectivity index (χ1n) is 5.82. The van der Waals surface area contributed by atoms with Gasteiger partial charge in [0.25, 0.3) is 0 Å². The lowest BCUT2D eigenvalue weighted by Gasteiger charge is -2.23. The van der Waals surface area contributed by atoms with Gasteiger partial charge in [0.2, 0.25) is 5.91 Å². The van der Waals surface area contributed by atoms with Crippen LogP contribution in [-0.4, -0.2) is 38.8 Å². The van der Waals surface area contributed by atoms with Gasteiger partial charge >= 0.3 is 0 Å². The molecule has 0 aromatic carbocycles. The van der Waals surface area contributed by atoms with Crippen LogP contribution in [0.5, 0.6) is 0 Å². The fraction of sp³-hybridized carbons (Fsp3) is 0.909. The van der Waals surface area contributed by atoms with Gasteiger partial charge in [-0.25, -0.2) is 0 Å². The predicted octanol–water partition coefficient (Wildman–Crippen LogP) is 0.671. The minimum atomic E-state index is 0.180. The minimum Gasteiger partial charge on any atom is -0.385 e. The summed E-state index contributed by atoms with van der Waals surface area (Å²) in [4.78, 5) is 11.5. The smallest absolute Gasteiger partial charge is 0.220 e. The summed E-state index contributed by atoms with van der Waals surface area (Å²) in [6.45, 7) is 2.75. The number of methoxy groups -OCH3 is 1. The monoisotopic (exact) mass is 214 g/mol. The van der Waals surface area contributed by atoms with Crippen LogP contribution in [0.25, 0.3) is 0 Å². The molecule has 1 unspecified atom stereocenters. The molecule has 88 valence electrons. The maximum Gasteiger partial charge on any atom is 0.220 e. The minimum absolute atomic E-state index is 0.180. The van der Waals surface area contributed by atoms with E-state index < -0.39 is 0 Å². The van der Waals surface area contributed by atoms with Crippen LogP contribution >= 0.6 is 0 Å². The number of ether oxygens (including phenoxy) is 1. The van der Waals surface area contributed by atoms with Crippen LogP contribution in [0, 0.1) is 0 Å². The maximum atomic E-state index is 11.5. The Kier molecular flexibility index (Phi) is 6.36. The highest BCUT2D eigenvalue weighted by Gasteiger charge is 2.14. The van der Waals surface area contributed by atoms with E-state index in [9.17, 15) is 4.79 Å². The van der Waals surface area contributed by atoms with Crippen LogP contribution in [-0.2, 0) is 9.53 Å². The number of carbonyl (C=O) groups is 1. The Labute approximate surface area is 91.8 Å². The van der Waals surface area contributed by atoms with E-state index in [-0.39, 0.29) is 5.91 Å². The van der Waals surface area contributed by atoms with Gasteiger partial charge in [-0.3, -0.25) is 4.79 Å². The summed E-state index contributed by atoms with van der Waals surface area (Å²) in [7, 11) is 1.69. The van der Waals surface area contributed by atoms with Crippen molar-refractivity contribution < 1.29 is 9.53 Å². The third kappa shape index (κ3) is 5.74. The molecule has 1 amide bonds. The Morgan fingerprint density at radius 3 is 3.07 bits per heavy atom. The van der Waals surface area contributed by atoms with Gasteiger partial charge in [-0.1, -0.05) is 0 Å². The standard InChI is InChI=1S/C11H22N2O2/c1-15-8-3-2-6-11(14)13-10-5-4-7-12-9-10/h10,12H,2-9H2,1H3,(H,13,14). The summed E-state index contributed by atoms with van der Waals surface area (Å²) in [6.07, 6.45) is 4.78. The fourth-order valence-electron chi connectivity index (χ4n) is 1.81. The zero-order chi connectivity index (χ0) is 10.9. The Morgan fingerprint density at radius 2 is 2.40 bits per heavy atom. The molecule has 1 saturated heterocycles. The number of rotatable bonds is 6. The first-order chi connectivity index (χ1) is 7.33. The number of hydrogen-bond acceptors (Lipinski definition) is 3. The van der Waals surface area contributed by atoms with Crippen LogP contribution < -0.4 is 10.6 Å². The maximum absolute atomic E-state index is 11.5. The average Bonchev–Trinajstić information content (AvgIpc) is 2.26. The van der Waals surface area contributed by atoms with Crippen LogP contribution in [0.15, 0.2) is 0 Å². The normalized spacial score (nSPS) is 21.3. The number of nitrogens with one attached hydrogen (secondary N) is 2. The first kappa shape index (κ1) is 12.5. The van der Waals surface area contributed by atoms with Crippen LogP contribution in [0.4, 0.5) is 0 Å². The third-order valence-corrected chi connectivity index (χ3v) is 2.66. The molecule has 1 aliphatic heterocycles. The second-order valence-corrected chi connectivity index (χ2v) is 4.06. The van der Waals surface area contributed by atoms with E-state index in [2.05, 4.69) is 10.6 Å². The molecule has 15 heavy (non-hydrogen) atoms. The summed E-state index contributed by atoms with van der Waals surface area (Å²) in [5, 5.41) is 6.34. The molecule has 1 aliphatic rings. The van der Waals surface area contributed by atoms with Crippen molar-refractivity contribution in [2.45, 2.75) is 38.1 Å². The molecule has 1 fully saturated rings. The molecule has 1 heterocycles. The summed E-state index contributed by atoms with van der Waals surface area (Å²) in [6, 6.07) is 0.341. The van der Waals surface area contributed by atoms with Gasteiger partial charge in [0.05, 0.1) is 0 Å². The lowest BCUT2D eigenvalue weighted by atomic mass is 10.1. The van der Waals surface area contributed by atoms with Gasteiger partial charge in [0.15, 0.2) is 0 Å². The van der Waals surface area contributed by atoms with E-state index in [0.717, 1.165) is 45.4 Å². The second-order valence-electron chi connectivity index (χ2n) is 4.06. The largest absolute Gasteiger partial charge is 0.385 e. The van der Waals surface area contributed by atoms with Crippen molar-refractivity contribution in [3.8, 4) is 0 Å². The van der Waals surface area contributed by atoms with E-state index in [1.807, 2.05) is 0 Å². The molecule has 1 atom stereocenters. The predicted molar refractivity (Wildman–Crippen MR) is 59.8 cm³/mol.